The Kier molecular flexibility index (Phi) is 8.09. The lowest BCUT2D eigenvalue weighted by Crippen LogP contribution is -2.43. The molecule has 0 saturated carbocycles. The number of benzene rings is 2. The molecule has 0 spiro atoms. The first-order valence-electron chi connectivity index (χ1n) is 9.15. The molecular weight excluding hydrogens is 329 g/mol. The summed E-state index contributed by atoms with van der Waals surface area (Å²) < 4.78 is 13.0. The third-order valence-corrected chi connectivity index (χ3v) is 4.44. The molecular formula is C21H28FN3O. The molecule has 0 fully saturated rings. The zero-order valence-electron chi connectivity index (χ0n) is 15.6. The maximum Gasteiger partial charge on any atom is 0.318 e. The van der Waals surface area contributed by atoms with Crippen molar-refractivity contribution < 1.29 is 9.18 Å². The van der Waals surface area contributed by atoms with Crippen molar-refractivity contribution in [2.45, 2.75) is 26.9 Å². The minimum atomic E-state index is -0.273. The highest BCUT2D eigenvalue weighted by molar-refractivity contribution is 5.74. The van der Waals surface area contributed by atoms with Gasteiger partial charge < -0.3 is 15.1 Å². The van der Waals surface area contributed by atoms with E-state index in [0.717, 1.165) is 30.8 Å². The number of halogens is 1. The molecule has 2 aromatic rings. The first kappa shape index (κ1) is 19.9. The summed E-state index contributed by atoms with van der Waals surface area (Å²) in [5, 5.41) is 2.94. The molecule has 0 unspecified atom stereocenters. The van der Waals surface area contributed by atoms with Gasteiger partial charge in [0, 0.05) is 26.2 Å². The molecule has 1 N–H and O–H groups in total. The van der Waals surface area contributed by atoms with Gasteiger partial charge in [0.15, 0.2) is 0 Å². The number of hydrogen-bond acceptors (Lipinski definition) is 2. The van der Waals surface area contributed by atoms with Crippen molar-refractivity contribution in [1.29, 1.82) is 0 Å². The molecule has 0 aliphatic rings. The van der Waals surface area contributed by atoms with Crippen molar-refractivity contribution in [3.05, 3.63) is 71.5 Å². The smallest absolute Gasteiger partial charge is 0.318 e. The number of rotatable bonds is 9. The average Bonchev–Trinajstić information content (AvgIpc) is 2.68. The van der Waals surface area contributed by atoms with Crippen LogP contribution in [-0.2, 0) is 13.1 Å². The summed E-state index contributed by atoms with van der Waals surface area (Å²) in [7, 11) is 0. The van der Waals surface area contributed by atoms with Gasteiger partial charge in [-0.15, -0.1) is 0 Å². The maximum atomic E-state index is 13.0. The van der Waals surface area contributed by atoms with Gasteiger partial charge in [0.2, 0.25) is 0 Å². The number of amides is 2. The van der Waals surface area contributed by atoms with Crippen LogP contribution in [0.5, 0.6) is 0 Å². The molecule has 0 aliphatic carbocycles. The third-order valence-electron chi connectivity index (χ3n) is 4.44. The van der Waals surface area contributed by atoms with Crippen LogP contribution in [-0.4, -0.2) is 42.0 Å². The van der Waals surface area contributed by atoms with Gasteiger partial charge in [-0.05, 0) is 36.3 Å². The molecule has 140 valence electrons. The Labute approximate surface area is 155 Å². The molecule has 0 atom stereocenters. The highest BCUT2D eigenvalue weighted by Gasteiger charge is 2.15. The van der Waals surface area contributed by atoms with Crippen LogP contribution < -0.4 is 5.32 Å². The van der Waals surface area contributed by atoms with E-state index in [4.69, 9.17) is 0 Å². The van der Waals surface area contributed by atoms with Crippen LogP contribution in [0.25, 0.3) is 0 Å². The van der Waals surface area contributed by atoms with E-state index >= 15 is 0 Å². The predicted molar refractivity (Wildman–Crippen MR) is 103 cm³/mol. The van der Waals surface area contributed by atoms with Gasteiger partial charge in [-0.2, -0.15) is 0 Å². The lowest BCUT2D eigenvalue weighted by atomic mass is 10.2. The van der Waals surface area contributed by atoms with Gasteiger partial charge in [0.1, 0.15) is 5.82 Å². The molecule has 0 radical (unpaired) electrons. The Morgan fingerprint density at radius 1 is 0.923 bits per heavy atom. The zero-order valence-corrected chi connectivity index (χ0v) is 15.6. The van der Waals surface area contributed by atoms with E-state index in [0.29, 0.717) is 19.6 Å². The predicted octanol–water partition coefficient (Wildman–Crippen LogP) is 3.88. The second kappa shape index (κ2) is 10.6. The molecule has 2 aromatic carbocycles. The van der Waals surface area contributed by atoms with Crippen LogP contribution in [0.4, 0.5) is 9.18 Å². The van der Waals surface area contributed by atoms with Gasteiger partial charge in [-0.25, -0.2) is 9.18 Å². The van der Waals surface area contributed by atoms with Crippen LogP contribution in [0.2, 0.25) is 0 Å². The van der Waals surface area contributed by atoms with Crippen molar-refractivity contribution in [2.75, 3.05) is 26.2 Å². The number of nitrogens with zero attached hydrogens (tertiary/aromatic N) is 2. The Morgan fingerprint density at radius 3 is 2.19 bits per heavy atom. The molecule has 26 heavy (non-hydrogen) atoms. The fraction of sp³-hybridized carbons (Fsp3) is 0.381. The van der Waals surface area contributed by atoms with E-state index in [1.54, 1.807) is 12.1 Å². The van der Waals surface area contributed by atoms with Crippen LogP contribution in [0, 0.1) is 5.82 Å². The summed E-state index contributed by atoms with van der Waals surface area (Å²) in [6.45, 7) is 8.63. The van der Waals surface area contributed by atoms with E-state index in [9.17, 15) is 9.18 Å². The van der Waals surface area contributed by atoms with E-state index in [2.05, 4.69) is 24.1 Å². The van der Waals surface area contributed by atoms with Gasteiger partial charge in [0.25, 0.3) is 0 Å². The summed E-state index contributed by atoms with van der Waals surface area (Å²) in [5.41, 5.74) is 1.98. The number of urea groups is 1. The van der Waals surface area contributed by atoms with E-state index in [1.807, 2.05) is 35.2 Å². The number of carbonyl (C=O) groups excluding carboxylic acids is 1. The topological polar surface area (TPSA) is 35.6 Å². The lowest BCUT2D eigenvalue weighted by Gasteiger charge is -2.27. The summed E-state index contributed by atoms with van der Waals surface area (Å²) in [4.78, 5) is 16.8. The molecule has 4 nitrogen and oxygen atoms in total. The van der Waals surface area contributed by atoms with Crippen molar-refractivity contribution in [1.82, 2.24) is 15.1 Å². The molecule has 0 aliphatic heterocycles. The zero-order chi connectivity index (χ0) is 18.8. The quantitative estimate of drug-likeness (QED) is 0.739. The number of nitrogens with one attached hydrogen (secondary N) is 1. The van der Waals surface area contributed by atoms with Crippen molar-refractivity contribution in [3.63, 3.8) is 0 Å². The summed E-state index contributed by atoms with van der Waals surface area (Å²) >= 11 is 0. The molecule has 2 amide bonds. The number of carbonyl (C=O) groups is 1. The Balaban J connectivity index is 1.98. The Morgan fingerprint density at radius 2 is 1.58 bits per heavy atom. The van der Waals surface area contributed by atoms with Gasteiger partial charge in [0.05, 0.1) is 0 Å². The van der Waals surface area contributed by atoms with Crippen LogP contribution in [0.1, 0.15) is 25.0 Å². The lowest BCUT2D eigenvalue weighted by molar-refractivity contribution is 0.181. The van der Waals surface area contributed by atoms with E-state index in [1.165, 1.54) is 12.1 Å². The first-order valence-corrected chi connectivity index (χ1v) is 9.15. The van der Waals surface area contributed by atoms with E-state index < -0.39 is 0 Å². The van der Waals surface area contributed by atoms with Crippen LogP contribution >= 0.6 is 0 Å². The van der Waals surface area contributed by atoms with Crippen molar-refractivity contribution in [2.24, 2.45) is 0 Å². The normalized spacial score (nSPS) is 10.8. The molecule has 2 rings (SSSR count). The first-order chi connectivity index (χ1) is 12.6. The van der Waals surface area contributed by atoms with E-state index in [-0.39, 0.29) is 11.8 Å². The molecule has 0 bridgehead atoms. The molecule has 0 aromatic heterocycles. The number of hydrogen-bond donors (Lipinski definition) is 1. The SMILES string of the molecule is CCN(CC)CCN(Cc1ccccc1)C(=O)NCc1ccc(F)cc1. The summed E-state index contributed by atoms with van der Waals surface area (Å²) in [6.07, 6.45) is 0. The highest BCUT2D eigenvalue weighted by Crippen LogP contribution is 2.07. The largest absolute Gasteiger partial charge is 0.334 e. The molecule has 0 saturated heterocycles. The van der Waals surface area contributed by atoms with Crippen LogP contribution in [0.15, 0.2) is 54.6 Å². The second-order valence-electron chi connectivity index (χ2n) is 6.22. The van der Waals surface area contributed by atoms with Gasteiger partial charge in [-0.3, -0.25) is 0 Å². The van der Waals surface area contributed by atoms with Crippen LogP contribution in [0.3, 0.4) is 0 Å². The monoisotopic (exact) mass is 357 g/mol. The fourth-order valence-corrected chi connectivity index (χ4v) is 2.75. The third kappa shape index (κ3) is 6.48. The number of likely N-dealkylation sites (N-methyl/N-ethyl adjacent to an activating group) is 1. The highest BCUT2D eigenvalue weighted by atomic mass is 19.1. The second-order valence-corrected chi connectivity index (χ2v) is 6.22. The summed E-state index contributed by atoms with van der Waals surface area (Å²) in [6, 6.07) is 16.1. The molecule has 0 heterocycles. The minimum Gasteiger partial charge on any atom is -0.334 e. The van der Waals surface area contributed by atoms with Gasteiger partial charge in [-0.1, -0.05) is 56.3 Å². The average molecular weight is 357 g/mol. The molecule has 5 heteroatoms. The summed E-state index contributed by atoms with van der Waals surface area (Å²) in [5.74, 6) is -0.273. The van der Waals surface area contributed by atoms with Gasteiger partial charge >= 0.3 is 6.03 Å². The fourth-order valence-electron chi connectivity index (χ4n) is 2.75. The standard InChI is InChI=1S/C21H28FN3O/c1-3-24(4-2)14-15-25(17-19-8-6-5-7-9-19)21(26)23-16-18-10-12-20(22)13-11-18/h5-13H,3-4,14-17H2,1-2H3,(H,23,26). The maximum absolute atomic E-state index is 13.0. The van der Waals surface area contributed by atoms with Crippen molar-refractivity contribution >= 4 is 6.03 Å². The minimum absolute atomic E-state index is 0.106. The van der Waals surface area contributed by atoms with Crippen molar-refractivity contribution in [3.8, 4) is 0 Å². The Hall–Kier alpha value is -2.40. The Bertz CT molecular complexity index is 657.